The summed E-state index contributed by atoms with van der Waals surface area (Å²) in [5, 5.41) is 4.80. The van der Waals surface area contributed by atoms with E-state index < -0.39 is 0 Å². The molecule has 1 aromatic carbocycles. The average Bonchev–Trinajstić information content (AvgIpc) is 2.81. The fourth-order valence-corrected chi connectivity index (χ4v) is 3.03. The molecule has 1 aliphatic rings. The number of hydrogen-bond acceptors (Lipinski definition) is 2. The molecule has 0 saturated carbocycles. The van der Waals surface area contributed by atoms with Crippen molar-refractivity contribution in [1.82, 2.24) is 14.7 Å². The van der Waals surface area contributed by atoms with E-state index in [2.05, 4.69) is 17.2 Å². The number of rotatable bonds is 2. The first-order valence-corrected chi connectivity index (χ1v) is 7.58. The van der Waals surface area contributed by atoms with Gasteiger partial charge in [-0.2, -0.15) is 5.10 Å². The van der Waals surface area contributed by atoms with Gasteiger partial charge in [0.1, 0.15) is 5.69 Å². The van der Waals surface area contributed by atoms with Crippen LogP contribution in [-0.4, -0.2) is 27.1 Å². The second-order valence-corrected chi connectivity index (χ2v) is 5.69. The lowest BCUT2D eigenvalue weighted by molar-refractivity contribution is 0.0722. The maximum Gasteiger partial charge on any atom is 0.274 e. The minimum Gasteiger partial charge on any atom is -0.333 e. The highest BCUT2D eigenvalue weighted by Crippen LogP contribution is 2.25. The molecule has 3 rings (SSSR count). The number of amides is 1. The summed E-state index contributed by atoms with van der Waals surface area (Å²) >= 11 is 6.28. The lowest BCUT2D eigenvalue weighted by Gasteiger charge is -2.29. The number of nitrogens with zero attached hydrogens (tertiary/aromatic N) is 3. The molecule has 0 N–H and O–H groups in total. The predicted molar refractivity (Wildman–Crippen MR) is 82.5 cm³/mol. The van der Waals surface area contributed by atoms with E-state index in [1.165, 1.54) is 11.1 Å². The summed E-state index contributed by atoms with van der Waals surface area (Å²) in [6, 6.07) is 8.27. The zero-order valence-electron chi connectivity index (χ0n) is 12.3. The van der Waals surface area contributed by atoms with Gasteiger partial charge in [0, 0.05) is 19.6 Å². The molecule has 4 nitrogen and oxygen atoms in total. The van der Waals surface area contributed by atoms with E-state index in [1.807, 2.05) is 30.9 Å². The summed E-state index contributed by atoms with van der Waals surface area (Å²) < 4.78 is 1.69. The Morgan fingerprint density at radius 2 is 2.05 bits per heavy atom. The summed E-state index contributed by atoms with van der Waals surface area (Å²) in [5.41, 5.74) is 3.76. The topological polar surface area (TPSA) is 38.1 Å². The Labute approximate surface area is 129 Å². The van der Waals surface area contributed by atoms with Crippen LogP contribution in [0.5, 0.6) is 0 Å². The summed E-state index contributed by atoms with van der Waals surface area (Å²) in [5.74, 6) is -0.0306. The lowest BCUT2D eigenvalue weighted by atomic mass is 10.00. The minimum atomic E-state index is -0.0306. The monoisotopic (exact) mass is 303 g/mol. The fourth-order valence-electron chi connectivity index (χ4n) is 2.81. The summed E-state index contributed by atoms with van der Waals surface area (Å²) in [7, 11) is 0. The van der Waals surface area contributed by atoms with Crippen molar-refractivity contribution in [3.05, 3.63) is 51.8 Å². The predicted octanol–water partition coefficient (Wildman–Crippen LogP) is 3.06. The van der Waals surface area contributed by atoms with Crippen LogP contribution in [0.4, 0.5) is 0 Å². The Bertz CT molecular complexity index is 693. The Balaban J connectivity index is 1.91. The van der Waals surface area contributed by atoms with Gasteiger partial charge in [0.2, 0.25) is 0 Å². The first-order chi connectivity index (χ1) is 10.1. The van der Waals surface area contributed by atoms with Crippen molar-refractivity contribution in [3.8, 4) is 0 Å². The van der Waals surface area contributed by atoms with Gasteiger partial charge in [0.05, 0.1) is 10.7 Å². The molecule has 0 spiro atoms. The highest BCUT2D eigenvalue weighted by Gasteiger charge is 2.27. The van der Waals surface area contributed by atoms with Crippen molar-refractivity contribution >= 4 is 17.5 Å². The fraction of sp³-hybridized carbons (Fsp3) is 0.375. The van der Waals surface area contributed by atoms with Crippen molar-refractivity contribution in [2.24, 2.45) is 0 Å². The molecule has 0 saturated heterocycles. The first kappa shape index (κ1) is 14.1. The van der Waals surface area contributed by atoms with E-state index in [1.54, 1.807) is 4.68 Å². The molecule has 0 aliphatic carbocycles. The van der Waals surface area contributed by atoms with E-state index in [4.69, 9.17) is 11.6 Å². The van der Waals surface area contributed by atoms with Crippen LogP contribution < -0.4 is 0 Å². The largest absolute Gasteiger partial charge is 0.333 e. The molecule has 21 heavy (non-hydrogen) atoms. The molecular formula is C16H18ClN3O. The second-order valence-electron chi connectivity index (χ2n) is 5.31. The van der Waals surface area contributed by atoms with Gasteiger partial charge < -0.3 is 4.90 Å². The van der Waals surface area contributed by atoms with Crippen molar-refractivity contribution < 1.29 is 4.79 Å². The maximum absolute atomic E-state index is 12.8. The Kier molecular flexibility index (Phi) is 3.72. The molecule has 0 bridgehead atoms. The summed E-state index contributed by atoms with van der Waals surface area (Å²) in [6.07, 6.45) is 0.888. The zero-order valence-corrected chi connectivity index (χ0v) is 13.0. The van der Waals surface area contributed by atoms with E-state index >= 15 is 0 Å². The zero-order chi connectivity index (χ0) is 15.0. The van der Waals surface area contributed by atoms with Crippen LogP contribution in [0, 0.1) is 6.92 Å². The van der Waals surface area contributed by atoms with Crippen molar-refractivity contribution in [2.75, 3.05) is 6.54 Å². The van der Waals surface area contributed by atoms with Gasteiger partial charge in [0.15, 0.2) is 0 Å². The third-order valence-corrected chi connectivity index (χ3v) is 4.43. The van der Waals surface area contributed by atoms with Crippen molar-refractivity contribution in [2.45, 2.75) is 33.4 Å². The number of aryl methyl sites for hydroxylation is 2. The van der Waals surface area contributed by atoms with E-state index in [-0.39, 0.29) is 5.91 Å². The Morgan fingerprint density at radius 1 is 1.33 bits per heavy atom. The highest BCUT2D eigenvalue weighted by molar-refractivity contribution is 6.34. The molecule has 110 valence electrons. The summed E-state index contributed by atoms with van der Waals surface area (Å²) in [4.78, 5) is 14.7. The van der Waals surface area contributed by atoms with E-state index in [9.17, 15) is 4.79 Å². The first-order valence-electron chi connectivity index (χ1n) is 7.20. The molecule has 5 heteroatoms. The molecule has 0 fully saturated rings. The lowest BCUT2D eigenvalue weighted by Crippen LogP contribution is -2.37. The molecule has 0 radical (unpaired) electrons. The van der Waals surface area contributed by atoms with Gasteiger partial charge in [0.25, 0.3) is 5.91 Å². The van der Waals surface area contributed by atoms with Gasteiger partial charge in [-0.25, -0.2) is 0 Å². The van der Waals surface area contributed by atoms with Gasteiger partial charge >= 0.3 is 0 Å². The van der Waals surface area contributed by atoms with Gasteiger partial charge in [-0.05, 0) is 31.4 Å². The van der Waals surface area contributed by atoms with E-state index in [0.717, 1.165) is 13.0 Å². The Hall–Kier alpha value is -1.81. The minimum absolute atomic E-state index is 0.0306. The Morgan fingerprint density at radius 3 is 2.76 bits per heavy atom. The molecule has 1 aromatic heterocycles. The van der Waals surface area contributed by atoms with Crippen LogP contribution in [0.3, 0.4) is 0 Å². The van der Waals surface area contributed by atoms with Crippen LogP contribution >= 0.6 is 11.6 Å². The molecule has 1 amide bonds. The van der Waals surface area contributed by atoms with Crippen LogP contribution in [0.25, 0.3) is 0 Å². The maximum atomic E-state index is 12.8. The normalized spacial score (nSPS) is 14.1. The van der Waals surface area contributed by atoms with Crippen molar-refractivity contribution in [3.63, 3.8) is 0 Å². The SMILES string of the molecule is CCn1nc(C)c(Cl)c1C(=O)N1CCc2ccccc2C1. The molecular weight excluding hydrogens is 286 g/mol. The smallest absolute Gasteiger partial charge is 0.274 e. The van der Waals surface area contributed by atoms with Crippen LogP contribution in [0.15, 0.2) is 24.3 Å². The molecule has 0 unspecified atom stereocenters. The third-order valence-electron chi connectivity index (χ3n) is 3.97. The molecule has 2 heterocycles. The number of carbonyl (C=O) groups excluding carboxylic acids is 1. The number of hydrogen-bond donors (Lipinski definition) is 0. The quantitative estimate of drug-likeness (QED) is 0.855. The van der Waals surface area contributed by atoms with Crippen LogP contribution in [0.1, 0.15) is 34.2 Å². The number of benzene rings is 1. The van der Waals surface area contributed by atoms with Crippen LogP contribution in [0.2, 0.25) is 5.02 Å². The van der Waals surface area contributed by atoms with E-state index in [0.29, 0.717) is 29.5 Å². The van der Waals surface area contributed by atoms with Gasteiger partial charge in [-0.15, -0.1) is 0 Å². The summed E-state index contributed by atoms with van der Waals surface area (Å²) in [6.45, 7) is 5.79. The standard InChI is InChI=1S/C16H18ClN3O/c1-3-20-15(14(17)11(2)18-20)16(21)19-9-8-12-6-4-5-7-13(12)10-19/h4-7H,3,8-10H2,1-2H3. The molecule has 1 aliphatic heterocycles. The average molecular weight is 304 g/mol. The van der Waals surface area contributed by atoms with Gasteiger partial charge in [-0.3, -0.25) is 9.48 Å². The number of carbonyl (C=O) groups is 1. The second kappa shape index (κ2) is 5.53. The number of fused-ring (bicyclic) bond motifs is 1. The number of aromatic nitrogens is 2. The molecule has 2 aromatic rings. The highest BCUT2D eigenvalue weighted by atomic mass is 35.5. The third kappa shape index (κ3) is 2.44. The van der Waals surface area contributed by atoms with Gasteiger partial charge in [-0.1, -0.05) is 35.9 Å². The van der Waals surface area contributed by atoms with Crippen LogP contribution in [-0.2, 0) is 19.5 Å². The van der Waals surface area contributed by atoms with Crippen molar-refractivity contribution in [1.29, 1.82) is 0 Å². The number of halogens is 1. The molecule has 0 atom stereocenters.